The highest BCUT2D eigenvalue weighted by Gasteiger charge is 2.58. The Morgan fingerprint density at radius 2 is 1.79 bits per heavy atom. The van der Waals surface area contributed by atoms with Crippen molar-refractivity contribution < 1.29 is 13.8 Å². The lowest BCUT2D eigenvalue weighted by Gasteiger charge is -2.19. The standard InChI is InChI=1S/C20H32N4O3S/c1-5-21-19(23-9-11-28(27)20(2,3)4)22-8-10-24-17(25)15-13-6-7-14(12-13)16(15)18(24)26/h6-7,13-16H,5,8-12H2,1-4H3,(H2,21,22,23). The number of amides is 2. The summed E-state index contributed by atoms with van der Waals surface area (Å²) in [4.78, 5) is 31.3. The predicted molar refractivity (Wildman–Crippen MR) is 111 cm³/mol. The molecule has 5 unspecified atom stereocenters. The quantitative estimate of drug-likeness (QED) is 0.283. The molecule has 0 spiro atoms. The van der Waals surface area contributed by atoms with Crippen LogP contribution in [0.25, 0.3) is 0 Å². The summed E-state index contributed by atoms with van der Waals surface area (Å²) in [6, 6.07) is 0. The minimum Gasteiger partial charge on any atom is -0.357 e. The van der Waals surface area contributed by atoms with Gasteiger partial charge in [-0.1, -0.05) is 12.2 Å². The topological polar surface area (TPSA) is 90.9 Å². The van der Waals surface area contributed by atoms with Gasteiger partial charge in [0.25, 0.3) is 0 Å². The molecule has 2 fully saturated rings. The molecule has 5 atom stereocenters. The molecular weight excluding hydrogens is 376 g/mol. The highest BCUT2D eigenvalue weighted by Crippen LogP contribution is 2.52. The second-order valence-electron chi connectivity index (χ2n) is 8.68. The Labute approximate surface area is 169 Å². The van der Waals surface area contributed by atoms with Crippen LogP contribution in [-0.2, 0) is 20.4 Å². The highest BCUT2D eigenvalue weighted by atomic mass is 32.2. The van der Waals surface area contributed by atoms with Crippen LogP contribution >= 0.6 is 0 Å². The van der Waals surface area contributed by atoms with Crippen LogP contribution in [0.4, 0.5) is 0 Å². The summed E-state index contributed by atoms with van der Waals surface area (Å²) in [6.45, 7) is 9.81. The number of carbonyl (C=O) groups is 2. The fourth-order valence-electron chi connectivity index (χ4n) is 4.36. The molecule has 1 saturated carbocycles. The van der Waals surface area contributed by atoms with E-state index in [0.29, 0.717) is 37.9 Å². The van der Waals surface area contributed by atoms with Gasteiger partial charge in [0.15, 0.2) is 5.96 Å². The third-order valence-electron chi connectivity index (χ3n) is 5.76. The second-order valence-corrected chi connectivity index (χ2v) is 11.0. The molecule has 1 aliphatic heterocycles. The molecule has 0 aromatic rings. The van der Waals surface area contributed by atoms with E-state index in [9.17, 15) is 13.8 Å². The molecule has 1 heterocycles. The minimum atomic E-state index is -0.945. The van der Waals surface area contributed by atoms with E-state index in [1.807, 2.05) is 27.7 Å². The SMILES string of the molecule is CCNC(=NCCS(=O)C(C)(C)C)NCCN1C(=O)C2C3C=CC(C3)C2C1=O. The summed E-state index contributed by atoms with van der Waals surface area (Å²) in [5.41, 5.74) is 0. The lowest BCUT2D eigenvalue weighted by Crippen LogP contribution is -2.44. The maximum absolute atomic E-state index is 12.7. The van der Waals surface area contributed by atoms with Crippen molar-refractivity contribution in [2.45, 2.75) is 38.9 Å². The summed E-state index contributed by atoms with van der Waals surface area (Å²) in [5.74, 6) is 1.29. The average molecular weight is 409 g/mol. The van der Waals surface area contributed by atoms with E-state index >= 15 is 0 Å². The Balaban J connectivity index is 1.50. The predicted octanol–water partition coefficient (Wildman–Crippen LogP) is 0.896. The molecular formula is C20H32N4O3S. The first-order chi connectivity index (χ1) is 13.2. The molecule has 2 bridgehead atoms. The smallest absolute Gasteiger partial charge is 0.233 e. The van der Waals surface area contributed by atoms with Crippen LogP contribution < -0.4 is 10.6 Å². The summed E-state index contributed by atoms with van der Waals surface area (Å²) < 4.78 is 11.9. The molecule has 8 heteroatoms. The first kappa shape index (κ1) is 21.0. The number of aliphatic imine (C=N–C) groups is 1. The van der Waals surface area contributed by atoms with Crippen LogP contribution in [0.1, 0.15) is 34.1 Å². The molecule has 156 valence electrons. The third-order valence-corrected chi connectivity index (χ3v) is 7.68. The van der Waals surface area contributed by atoms with Gasteiger partial charge in [0, 0.05) is 40.9 Å². The van der Waals surface area contributed by atoms with Crippen molar-refractivity contribution in [3.8, 4) is 0 Å². The molecule has 7 nitrogen and oxygen atoms in total. The van der Waals surface area contributed by atoms with Gasteiger partial charge in [-0.15, -0.1) is 0 Å². The van der Waals surface area contributed by atoms with Crippen molar-refractivity contribution >= 4 is 28.6 Å². The fraction of sp³-hybridized carbons (Fsp3) is 0.750. The highest BCUT2D eigenvalue weighted by molar-refractivity contribution is 7.86. The van der Waals surface area contributed by atoms with Gasteiger partial charge in [-0.2, -0.15) is 0 Å². The number of guanidine groups is 1. The van der Waals surface area contributed by atoms with Crippen molar-refractivity contribution in [1.29, 1.82) is 0 Å². The molecule has 0 radical (unpaired) electrons. The van der Waals surface area contributed by atoms with Crippen LogP contribution in [0.5, 0.6) is 0 Å². The molecule has 3 aliphatic rings. The van der Waals surface area contributed by atoms with Crippen LogP contribution in [0, 0.1) is 23.7 Å². The maximum atomic E-state index is 12.7. The Morgan fingerprint density at radius 3 is 2.32 bits per heavy atom. The van der Waals surface area contributed by atoms with E-state index in [1.165, 1.54) is 4.90 Å². The minimum absolute atomic E-state index is 0.0174. The second kappa shape index (κ2) is 8.35. The van der Waals surface area contributed by atoms with Crippen LogP contribution in [-0.4, -0.2) is 63.6 Å². The van der Waals surface area contributed by atoms with E-state index < -0.39 is 10.8 Å². The van der Waals surface area contributed by atoms with Crippen LogP contribution in [0.15, 0.2) is 17.1 Å². The van der Waals surface area contributed by atoms with E-state index in [0.717, 1.165) is 6.42 Å². The number of hydrogen-bond acceptors (Lipinski definition) is 4. The zero-order valence-electron chi connectivity index (χ0n) is 17.2. The van der Waals surface area contributed by atoms with E-state index in [1.54, 1.807) is 0 Å². The lowest BCUT2D eigenvalue weighted by molar-refractivity contribution is -0.140. The zero-order valence-corrected chi connectivity index (χ0v) is 18.1. The summed E-state index contributed by atoms with van der Waals surface area (Å²) >= 11 is 0. The van der Waals surface area contributed by atoms with Crippen LogP contribution in [0.2, 0.25) is 0 Å². The number of carbonyl (C=O) groups excluding carboxylic acids is 2. The number of allylic oxidation sites excluding steroid dienone is 2. The summed E-state index contributed by atoms with van der Waals surface area (Å²) in [7, 11) is -0.945. The van der Waals surface area contributed by atoms with Gasteiger partial charge in [-0.05, 0) is 46.0 Å². The molecule has 2 N–H and O–H groups in total. The third kappa shape index (κ3) is 4.16. The molecule has 2 aliphatic carbocycles. The fourth-order valence-corrected chi connectivity index (χ4v) is 5.23. The molecule has 1 saturated heterocycles. The van der Waals surface area contributed by atoms with Crippen molar-refractivity contribution in [1.82, 2.24) is 15.5 Å². The Bertz CT molecular complexity index is 683. The number of likely N-dealkylation sites (tertiary alicyclic amines) is 1. The zero-order chi connectivity index (χ0) is 20.5. The van der Waals surface area contributed by atoms with E-state index in [4.69, 9.17) is 0 Å². The van der Waals surface area contributed by atoms with Gasteiger partial charge in [0.1, 0.15) is 0 Å². The first-order valence-electron chi connectivity index (χ1n) is 10.2. The first-order valence-corrected chi connectivity index (χ1v) is 11.5. The Morgan fingerprint density at radius 1 is 1.18 bits per heavy atom. The van der Waals surface area contributed by atoms with E-state index in [2.05, 4.69) is 27.8 Å². The lowest BCUT2D eigenvalue weighted by atomic mass is 9.85. The molecule has 0 aromatic carbocycles. The van der Waals surface area contributed by atoms with Crippen molar-refractivity contribution in [3.05, 3.63) is 12.2 Å². The van der Waals surface area contributed by atoms with Crippen molar-refractivity contribution in [3.63, 3.8) is 0 Å². The monoisotopic (exact) mass is 408 g/mol. The van der Waals surface area contributed by atoms with Gasteiger partial charge in [-0.25, -0.2) is 0 Å². The van der Waals surface area contributed by atoms with Gasteiger partial charge in [-0.3, -0.25) is 23.7 Å². The number of nitrogens with one attached hydrogen (secondary N) is 2. The van der Waals surface area contributed by atoms with Crippen LogP contribution in [0.3, 0.4) is 0 Å². The number of fused-ring (bicyclic) bond motifs is 5. The number of imide groups is 1. The maximum Gasteiger partial charge on any atom is 0.233 e. The van der Waals surface area contributed by atoms with Crippen molar-refractivity contribution in [2.75, 3.05) is 31.9 Å². The summed E-state index contributed by atoms with van der Waals surface area (Å²) in [6.07, 6.45) is 5.17. The number of rotatable bonds is 7. The van der Waals surface area contributed by atoms with E-state index in [-0.39, 0.29) is 40.2 Å². The molecule has 0 aromatic heterocycles. The van der Waals surface area contributed by atoms with Gasteiger partial charge >= 0.3 is 0 Å². The molecule has 2 amide bonds. The Kier molecular flexibility index (Phi) is 6.27. The average Bonchev–Trinajstić information content (AvgIpc) is 3.30. The Hall–Kier alpha value is -1.70. The normalized spacial score (nSPS) is 30.1. The molecule has 28 heavy (non-hydrogen) atoms. The van der Waals surface area contributed by atoms with Gasteiger partial charge < -0.3 is 10.6 Å². The van der Waals surface area contributed by atoms with Crippen molar-refractivity contribution in [2.24, 2.45) is 28.7 Å². The number of nitrogens with zero attached hydrogens (tertiary/aromatic N) is 2. The summed E-state index contributed by atoms with van der Waals surface area (Å²) in [5, 5.41) is 6.33. The molecule has 3 rings (SSSR count). The number of hydrogen-bond donors (Lipinski definition) is 2. The largest absolute Gasteiger partial charge is 0.357 e. The van der Waals surface area contributed by atoms with Gasteiger partial charge in [0.05, 0.1) is 18.4 Å². The van der Waals surface area contributed by atoms with Gasteiger partial charge in [0.2, 0.25) is 11.8 Å².